The average Bonchev–Trinajstić information content (AvgIpc) is 3.70. The predicted molar refractivity (Wildman–Crippen MR) is 185 cm³/mol. The van der Waals surface area contributed by atoms with Crippen LogP contribution in [0.3, 0.4) is 0 Å². The van der Waals surface area contributed by atoms with E-state index in [1.807, 2.05) is 12.2 Å². The lowest BCUT2D eigenvalue weighted by Crippen LogP contribution is -2.56. The van der Waals surface area contributed by atoms with Crippen LogP contribution in [0.25, 0.3) is 0 Å². The third-order valence-electron chi connectivity index (χ3n) is 8.74. The molecular weight excluding hydrogens is 646 g/mol. The molecule has 50 heavy (non-hydrogen) atoms. The summed E-state index contributed by atoms with van der Waals surface area (Å²) in [4.78, 5) is 89.3. The number of nitrogens with one attached hydrogen (secondary N) is 4. The molecule has 8 amide bonds. The van der Waals surface area contributed by atoms with Crippen LogP contribution in [0.2, 0.25) is 0 Å². The molecule has 1 aliphatic carbocycles. The number of urea groups is 1. The number of hydrogen-bond acceptors (Lipinski definition) is 8. The molecular formula is C35H51N7O8. The number of primary amides is 1. The van der Waals surface area contributed by atoms with Crippen LogP contribution in [-0.4, -0.2) is 102 Å². The zero-order chi connectivity index (χ0) is 36.6. The first-order valence-electron chi connectivity index (χ1n) is 17.3. The Morgan fingerprint density at radius 3 is 2.38 bits per heavy atom. The Bertz CT molecular complexity index is 1360. The standard InChI is InChI=1S/C35H51N7O8/c1-4-24-17-20-41(21-24)35(49)50-22-25-11-13-26(14-12-25)38-32(46)27(9-8-18-37-34(36)48)39-33(47)31(23(2)3)40-28(43)10-6-5-7-19-42-29(44)15-16-30(42)45/h4,11-13,15-16,23-24,26-27,31H,1,5-10,14,17-22H2,2-3H3,(H,38,46)(H,39,47)(H,40,43)(H3,36,37,48)/t24?,26?,27-,31-/m0/s1. The maximum absolute atomic E-state index is 13.4. The SMILES string of the molecule is C=CC1CCN(C(=O)OCC2=CCC(NC(=O)[C@H](CCCNC(N)=O)NC(=O)[C@@H](NC(=O)CCCCCN3C(=O)C=CC3=O)C(C)C)C=C2)C1. The van der Waals surface area contributed by atoms with E-state index in [4.69, 9.17) is 10.5 Å². The number of carbonyl (C=O) groups excluding carboxylic acids is 7. The molecule has 0 radical (unpaired) electrons. The van der Waals surface area contributed by atoms with E-state index in [1.54, 1.807) is 30.9 Å². The highest BCUT2D eigenvalue weighted by atomic mass is 16.6. The molecule has 4 atom stereocenters. The molecule has 1 fully saturated rings. The van der Waals surface area contributed by atoms with E-state index in [9.17, 15) is 33.6 Å². The van der Waals surface area contributed by atoms with E-state index < -0.39 is 29.9 Å². The van der Waals surface area contributed by atoms with Gasteiger partial charge in [-0.05, 0) is 55.9 Å². The minimum absolute atomic E-state index is 0.109. The van der Waals surface area contributed by atoms with Crippen LogP contribution in [-0.2, 0) is 28.7 Å². The van der Waals surface area contributed by atoms with Gasteiger partial charge in [0.2, 0.25) is 17.7 Å². The fraction of sp³-hybridized carbons (Fsp3) is 0.571. The predicted octanol–water partition coefficient (Wildman–Crippen LogP) is 1.56. The van der Waals surface area contributed by atoms with Gasteiger partial charge in [0.05, 0.1) is 6.04 Å². The molecule has 0 spiro atoms. The molecule has 0 saturated carbocycles. The minimum Gasteiger partial charge on any atom is -0.445 e. The number of carbonyl (C=O) groups is 7. The Morgan fingerprint density at radius 1 is 1.02 bits per heavy atom. The summed E-state index contributed by atoms with van der Waals surface area (Å²) >= 11 is 0. The third-order valence-corrected chi connectivity index (χ3v) is 8.74. The Balaban J connectivity index is 1.48. The molecule has 15 heteroatoms. The quantitative estimate of drug-likeness (QED) is 0.0758. The number of amides is 8. The summed E-state index contributed by atoms with van der Waals surface area (Å²) in [6.07, 6.45) is 13.1. The van der Waals surface area contributed by atoms with Crippen molar-refractivity contribution in [1.82, 2.24) is 31.1 Å². The zero-order valence-corrected chi connectivity index (χ0v) is 29.0. The molecule has 0 aromatic carbocycles. The highest BCUT2D eigenvalue weighted by Crippen LogP contribution is 2.19. The van der Waals surface area contributed by atoms with Gasteiger partial charge < -0.3 is 36.6 Å². The smallest absolute Gasteiger partial charge is 0.410 e. The number of nitrogens with two attached hydrogens (primary N) is 1. The van der Waals surface area contributed by atoms with Crippen molar-refractivity contribution in [3.63, 3.8) is 0 Å². The van der Waals surface area contributed by atoms with Crippen LogP contribution in [0.15, 0.2) is 48.6 Å². The summed E-state index contributed by atoms with van der Waals surface area (Å²) in [5.74, 6) is -1.97. The van der Waals surface area contributed by atoms with Crippen LogP contribution in [0.4, 0.5) is 9.59 Å². The highest BCUT2D eigenvalue weighted by Gasteiger charge is 2.30. The minimum atomic E-state index is -0.958. The molecule has 2 unspecified atom stereocenters. The normalized spacial score (nSPS) is 19.5. The molecule has 2 aliphatic heterocycles. The fourth-order valence-electron chi connectivity index (χ4n) is 5.76. The molecule has 3 rings (SSSR count). The van der Waals surface area contributed by atoms with Crippen molar-refractivity contribution in [3.8, 4) is 0 Å². The number of nitrogens with zero attached hydrogens (tertiary/aromatic N) is 2. The summed E-state index contributed by atoms with van der Waals surface area (Å²) in [7, 11) is 0. The maximum atomic E-state index is 13.4. The van der Waals surface area contributed by atoms with Gasteiger partial charge in [0.1, 0.15) is 18.7 Å². The zero-order valence-electron chi connectivity index (χ0n) is 29.0. The first-order valence-corrected chi connectivity index (χ1v) is 17.3. The number of rotatable bonds is 19. The monoisotopic (exact) mass is 697 g/mol. The van der Waals surface area contributed by atoms with Gasteiger partial charge in [-0.1, -0.05) is 44.6 Å². The second-order valence-corrected chi connectivity index (χ2v) is 13.0. The molecule has 0 aromatic heterocycles. The first kappa shape index (κ1) is 39.5. The number of ether oxygens (including phenoxy) is 1. The molecule has 6 N–H and O–H groups in total. The second kappa shape index (κ2) is 19.9. The first-order chi connectivity index (χ1) is 23.9. The lowest BCUT2D eigenvalue weighted by molar-refractivity contribution is -0.137. The average molecular weight is 698 g/mol. The van der Waals surface area contributed by atoms with E-state index in [-0.39, 0.29) is 74.2 Å². The maximum Gasteiger partial charge on any atom is 0.410 e. The van der Waals surface area contributed by atoms with Crippen molar-refractivity contribution < 1.29 is 38.3 Å². The summed E-state index contributed by atoms with van der Waals surface area (Å²) in [6, 6.07) is -2.93. The summed E-state index contributed by atoms with van der Waals surface area (Å²) in [5.41, 5.74) is 5.96. The molecule has 15 nitrogen and oxygen atoms in total. The fourth-order valence-corrected chi connectivity index (χ4v) is 5.76. The van der Waals surface area contributed by atoms with Gasteiger partial charge in [-0.2, -0.15) is 0 Å². The van der Waals surface area contributed by atoms with Gasteiger partial charge in [-0.15, -0.1) is 6.58 Å². The van der Waals surface area contributed by atoms with Gasteiger partial charge in [0.15, 0.2) is 0 Å². The highest BCUT2D eigenvalue weighted by molar-refractivity contribution is 6.12. The molecule has 274 valence electrons. The Morgan fingerprint density at radius 2 is 1.76 bits per heavy atom. The number of unbranched alkanes of at least 4 members (excludes halogenated alkanes) is 2. The van der Waals surface area contributed by atoms with Crippen LogP contribution < -0.4 is 27.0 Å². The van der Waals surface area contributed by atoms with Crippen LogP contribution >= 0.6 is 0 Å². The van der Waals surface area contributed by atoms with Gasteiger partial charge in [0, 0.05) is 44.8 Å². The van der Waals surface area contributed by atoms with E-state index in [2.05, 4.69) is 27.8 Å². The lowest BCUT2D eigenvalue weighted by Gasteiger charge is -2.27. The van der Waals surface area contributed by atoms with E-state index in [1.165, 1.54) is 12.2 Å². The van der Waals surface area contributed by atoms with Crippen molar-refractivity contribution >= 4 is 41.7 Å². The second-order valence-electron chi connectivity index (χ2n) is 13.0. The van der Waals surface area contributed by atoms with Gasteiger partial charge in [0.25, 0.3) is 11.8 Å². The lowest BCUT2D eigenvalue weighted by atomic mass is 10.0. The topological polar surface area (TPSA) is 209 Å². The van der Waals surface area contributed by atoms with Crippen molar-refractivity contribution in [3.05, 3.63) is 48.6 Å². The van der Waals surface area contributed by atoms with E-state index in [0.717, 1.165) is 16.9 Å². The van der Waals surface area contributed by atoms with Crippen molar-refractivity contribution in [2.75, 3.05) is 32.8 Å². The summed E-state index contributed by atoms with van der Waals surface area (Å²) in [5, 5.41) is 11.0. The van der Waals surface area contributed by atoms with E-state index >= 15 is 0 Å². The Hall–Kier alpha value is -4.95. The van der Waals surface area contributed by atoms with Crippen LogP contribution in [0, 0.1) is 11.8 Å². The van der Waals surface area contributed by atoms with Gasteiger partial charge in [-0.25, -0.2) is 9.59 Å². The van der Waals surface area contributed by atoms with Crippen LogP contribution in [0.1, 0.15) is 65.2 Å². The molecule has 3 aliphatic rings. The van der Waals surface area contributed by atoms with Gasteiger partial charge >= 0.3 is 12.1 Å². The largest absolute Gasteiger partial charge is 0.445 e. The molecule has 1 saturated heterocycles. The summed E-state index contributed by atoms with van der Waals surface area (Å²) in [6.45, 7) is 9.17. The van der Waals surface area contributed by atoms with Crippen molar-refractivity contribution in [2.45, 2.75) is 83.3 Å². The number of hydrogen-bond donors (Lipinski definition) is 5. The Labute approximate surface area is 293 Å². The van der Waals surface area contributed by atoms with E-state index in [0.29, 0.717) is 45.2 Å². The molecule has 0 aromatic rings. The van der Waals surface area contributed by atoms with Crippen molar-refractivity contribution in [1.29, 1.82) is 0 Å². The molecule has 0 bridgehead atoms. The summed E-state index contributed by atoms with van der Waals surface area (Å²) < 4.78 is 5.46. The van der Waals surface area contributed by atoms with Gasteiger partial charge in [-0.3, -0.25) is 28.9 Å². The number of imide groups is 1. The molecule has 2 heterocycles. The van der Waals surface area contributed by atoms with Crippen molar-refractivity contribution in [2.24, 2.45) is 17.6 Å². The Kier molecular flexibility index (Phi) is 15.7. The van der Waals surface area contributed by atoms with Crippen LogP contribution in [0.5, 0.6) is 0 Å². The number of likely N-dealkylation sites (tertiary alicyclic amines) is 1. The third kappa shape index (κ3) is 12.8.